The van der Waals surface area contributed by atoms with E-state index in [2.05, 4.69) is 27.6 Å². The van der Waals surface area contributed by atoms with Gasteiger partial charge in [0.15, 0.2) is 17.2 Å². The van der Waals surface area contributed by atoms with Gasteiger partial charge in [0.05, 0.1) is 15.1 Å². The fraction of sp³-hybridized carbons (Fsp3) is 0.0968. The smallest absolute Gasteiger partial charge is 0.363 e. The Balaban J connectivity index is 1.37. The Labute approximate surface area is 244 Å². The number of carbonyl (C=O) groups excluding carboxylic acids is 1. The quantitative estimate of drug-likeness (QED) is 0.0628. The topological polar surface area (TPSA) is 100 Å². The van der Waals surface area contributed by atoms with Crippen molar-refractivity contribution in [2.24, 2.45) is 4.99 Å². The molecule has 8 nitrogen and oxygen atoms in total. The van der Waals surface area contributed by atoms with Gasteiger partial charge in [0, 0.05) is 17.7 Å². The summed E-state index contributed by atoms with van der Waals surface area (Å²) >= 11 is 2.13. The third kappa shape index (κ3) is 6.20. The molecule has 40 heavy (non-hydrogen) atoms. The van der Waals surface area contributed by atoms with Gasteiger partial charge in [0.25, 0.3) is 5.69 Å². The molecule has 9 heteroatoms. The van der Waals surface area contributed by atoms with Crippen LogP contribution in [-0.2, 0) is 16.1 Å². The first-order chi connectivity index (χ1) is 19.4. The Morgan fingerprint density at radius 2 is 1.65 bits per heavy atom. The van der Waals surface area contributed by atoms with Crippen molar-refractivity contribution in [3.63, 3.8) is 0 Å². The van der Waals surface area contributed by atoms with Crippen LogP contribution in [-0.4, -0.2) is 23.4 Å². The fourth-order valence-corrected chi connectivity index (χ4v) is 4.90. The van der Waals surface area contributed by atoms with Gasteiger partial charge >= 0.3 is 5.97 Å². The standard InChI is InChI=1S/C31H23IN2O6/c1-2-38-28-18-21(16-26(32)29(28)39-19-20-7-6-10-25(15-20)34(36)37)17-27-31(35)40-30(33-27)24-13-11-23(12-14-24)22-8-4-3-5-9-22/h3-18H,2,19H2,1H3/b27-17-. The number of carbonyl (C=O) groups is 1. The zero-order valence-corrected chi connectivity index (χ0v) is 23.5. The van der Waals surface area contributed by atoms with Gasteiger partial charge in [-0.15, -0.1) is 0 Å². The lowest BCUT2D eigenvalue weighted by Crippen LogP contribution is -2.05. The number of non-ortho nitro benzene ring substituents is 1. The van der Waals surface area contributed by atoms with Crippen molar-refractivity contribution in [3.8, 4) is 22.6 Å². The predicted octanol–water partition coefficient (Wildman–Crippen LogP) is 7.19. The monoisotopic (exact) mass is 646 g/mol. The lowest BCUT2D eigenvalue weighted by atomic mass is 10.0. The van der Waals surface area contributed by atoms with Crippen LogP contribution in [0.3, 0.4) is 0 Å². The summed E-state index contributed by atoms with van der Waals surface area (Å²) in [5, 5.41) is 11.1. The highest BCUT2D eigenvalue weighted by Crippen LogP contribution is 2.36. The van der Waals surface area contributed by atoms with Crippen LogP contribution < -0.4 is 9.47 Å². The highest BCUT2D eigenvalue weighted by atomic mass is 127. The van der Waals surface area contributed by atoms with E-state index in [-0.39, 0.29) is 23.9 Å². The average Bonchev–Trinajstić information content (AvgIpc) is 3.33. The number of nitro groups is 1. The number of nitro benzene ring substituents is 1. The van der Waals surface area contributed by atoms with Crippen molar-refractivity contribution in [2.45, 2.75) is 13.5 Å². The number of benzene rings is 4. The highest BCUT2D eigenvalue weighted by molar-refractivity contribution is 14.1. The number of rotatable bonds is 9. The number of ether oxygens (including phenoxy) is 3. The van der Waals surface area contributed by atoms with E-state index >= 15 is 0 Å². The van der Waals surface area contributed by atoms with Gasteiger partial charge in [-0.05, 0) is 82.1 Å². The number of cyclic esters (lactones) is 1. The molecule has 5 rings (SSSR count). The molecule has 1 aliphatic heterocycles. The maximum absolute atomic E-state index is 12.6. The maximum atomic E-state index is 12.6. The van der Waals surface area contributed by atoms with Crippen LogP contribution in [0.4, 0.5) is 5.69 Å². The molecular weight excluding hydrogens is 623 g/mol. The van der Waals surface area contributed by atoms with E-state index in [4.69, 9.17) is 14.2 Å². The van der Waals surface area contributed by atoms with E-state index in [1.54, 1.807) is 24.3 Å². The molecular formula is C31H23IN2O6. The Kier molecular flexibility index (Phi) is 8.20. The molecule has 0 fully saturated rings. The molecule has 0 radical (unpaired) electrons. The molecule has 4 aromatic carbocycles. The lowest BCUT2D eigenvalue weighted by Gasteiger charge is -2.15. The third-order valence-corrected chi connectivity index (χ3v) is 6.80. The van der Waals surface area contributed by atoms with Crippen molar-refractivity contribution >= 4 is 46.2 Å². The second-order valence-corrected chi connectivity index (χ2v) is 9.92. The molecule has 200 valence electrons. The van der Waals surface area contributed by atoms with Crippen molar-refractivity contribution < 1.29 is 23.9 Å². The highest BCUT2D eigenvalue weighted by Gasteiger charge is 2.25. The van der Waals surface area contributed by atoms with Gasteiger partial charge in [0.2, 0.25) is 5.90 Å². The van der Waals surface area contributed by atoms with Gasteiger partial charge in [-0.25, -0.2) is 9.79 Å². The third-order valence-electron chi connectivity index (χ3n) is 6.00. The van der Waals surface area contributed by atoms with Gasteiger partial charge in [-0.3, -0.25) is 10.1 Å². The summed E-state index contributed by atoms with van der Waals surface area (Å²) in [5.74, 6) is 0.695. The predicted molar refractivity (Wildman–Crippen MR) is 160 cm³/mol. The van der Waals surface area contributed by atoms with Crippen LogP contribution in [0.15, 0.2) is 102 Å². The number of halogens is 1. The summed E-state index contributed by atoms with van der Waals surface area (Å²) in [6.45, 7) is 2.38. The maximum Gasteiger partial charge on any atom is 0.363 e. The number of esters is 1. The Hall–Kier alpha value is -4.51. The van der Waals surface area contributed by atoms with Crippen LogP contribution in [0.25, 0.3) is 17.2 Å². The second kappa shape index (κ2) is 12.1. The van der Waals surface area contributed by atoms with Gasteiger partial charge < -0.3 is 14.2 Å². The van der Waals surface area contributed by atoms with Crippen LogP contribution in [0.5, 0.6) is 11.5 Å². The molecule has 0 aliphatic carbocycles. The van der Waals surface area contributed by atoms with Gasteiger partial charge in [-0.2, -0.15) is 0 Å². The number of hydrogen-bond donors (Lipinski definition) is 0. The normalized spacial score (nSPS) is 13.6. The first kappa shape index (κ1) is 27.1. The molecule has 4 aromatic rings. The van der Waals surface area contributed by atoms with Crippen molar-refractivity contribution in [3.05, 3.63) is 127 Å². The van der Waals surface area contributed by atoms with Gasteiger partial charge in [0.1, 0.15) is 6.61 Å². The van der Waals surface area contributed by atoms with Crippen LogP contribution in [0, 0.1) is 13.7 Å². The van der Waals surface area contributed by atoms with E-state index in [0.717, 1.165) is 14.7 Å². The van der Waals surface area contributed by atoms with Crippen molar-refractivity contribution in [2.75, 3.05) is 6.61 Å². The SMILES string of the molecule is CCOc1cc(/C=C2\N=C(c3ccc(-c4ccccc4)cc3)OC2=O)cc(I)c1OCc1cccc([N+](=O)[O-])c1. The summed E-state index contributed by atoms with van der Waals surface area (Å²) in [4.78, 5) is 27.7. The first-order valence-corrected chi connectivity index (χ1v) is 13.5. The molecule has 0 aromatic heterocycles. The second-order valence-electron chi connectivity index (χ2n) is 8.76. The summed E-state index contributed by atoms with van der Waals surface area (Å²) in [5.41, 5.74) is 4.36. The number of aliphatic imine (C=N–C) groups is 1. The average molecular weight is 646 g/mol. The van der Waals surface area contributed by atoms with Gasteiger partial charge in [-0.1, -0.05) is 54.6 Å². The molecule has 0 amide bonds. The van der Waals surface area contributed by atoms with E-state index < -0.39 is 10.9 Å². The molecule has 0 saturated heterocycles. The van der Waals surface area contributed by atoms with Crippen molar-refractivity contribution in [1.82, 2.24) is 0 Å². The minimum Gasteiger partial charge on any atom is -0.490 e. The summed E-state index contributed by atoms with van der Waals surface area (Å²) in [6.07, 6.45) is 1.64. The Morgan fingerprint density at radius 1 is 0.925 bits per heavy atom. The summed E-state index contributed by atoms with van der Waals surface area (Å²) in [7, 11) is 0. The molecule has 0 unspecified atom stereocenters. The number of hydrogen-bond acceptors (Lipinski definition) is 7. The van der Waals surface area contributed by atoms with E-state index in [0.29, 0.717) is 34.8 Å². The summed E-state index contributed by atoms with van der Waals surface area (Å²) in [6, 6.07) is 27.6. The fourth-order valence-electron chi connectivity index (χ4n) is 4.12. The Morgan fingerprint density at radius 3 is 2.38 bits per heavy atom. The van der Waals surface area contributed by atoms with Crippen molar-refractivity contribution in [1.29, 1.82) is 0 Å². The minimum absolute atomic E-state index is 0.00156. The van der Waals surface area contributed by atoms with E-state index in [1.165, 1.54) is 12.1 Å². The van der Waals surface area contributed by atoms with E-state index in [9.17, 15) is 14.9 Å². The van der Waals surface area contributed by atoms with Crippen LogP contribution in [0.2, 0.25) is 0 Å². The molecule has 1 heterocycles. The molecule has 0 N–H and O–H groups in total. The number of nitrogens with zero attached hydrogens (tertiary/aromatic N) is 2. The van der Waals surface area contributed by atoms with Crippen LogP contribution in [0.1, 0.15) is 23.6 Å². The summed E-state index contributed by atoms with van der Waals surface area (Å²) < 4.78 is 18.0. The lowest BCUT2D eigenvalue weighted by molar-refractivity contribution is -0.384. The first-order valence-electron chi connectivity index (χ1n) is 12.4. The molecule has 0 atom stereocenters. The molecule has 0 bridgehead atoms. The zero-order valence-electron chi connectivity index (χ0n) is 21.4. The molecule has 0 saturated carbocycles. The Bertz CT molecular complexity index is 1630. The van der Waals surface area contributed by atoms with Crippen LogP contribution >= 0.6 is 22.6 Å². The minimum atomic E-state index is -0.541. The molecule has 0 spiro atoms. The largest absolute Gasteiger partial charge is 0.490 e. The molecule has 1 aliphatic rings. The van der Waals surface area contributed by atoms with E-state index in [1.807, 2.05) is 67.6 Å². The zero-order chi connectivity index (χ0) is 28.1.